The molecule has 0 bridgehead atoms. The van der Waals surface area contributed by atoms with Crippen molar-refractivity contribution in [1.82, 2.24) is 5.32 Å². The number of carbonyl (C=O) groups excluding carboxylic acids is 1. The Morgan fingerprint density at radius 2 is 2.08 bits per heavy atom. The number of benzene rings is 2. The average Bonchev–Trinajstić information content (AvgIpc) is 3.10. The number of nitrogens with one attached hydrogen (secondary N) is 1. The zero-order valence-electron chi connectivity index (χ0n) is 13.4. The molecule has 5 heteroatoms. The molecule has 2 aromatic rings. The number of halogens is 1. The SMILES string of the molecule is CC[C@H](NC(=O)[C@@H]1CC(c2cccc(Br)c2)=NO1)c1ccccc1. The molecule has 24 heavy (non-hydrogen) atoms. The first kappa shape index (κ1) is 16.7. The zero-order valence-corrected chi connectivity index (χ0v) is 15.0. The van der Waals surface area contributed by atoms with Crippen LogP contribution in [0.3, 0.4) is 0 Å². The number of hydrogen-bond donors (Lipinski definition) is 1. The molecular weight excluding hydrogens is 368 g/mol. The molecule has 0 saturated carbocycles. The van der Waals surface area contributed by atoms with Crippen LogP contribution in [0, 0.1) is 0 Å². The van der Waals surface area contributed by atoms with Crippen LogP contribution in [0.25, 0.3) is 0 Å². The molecule has 0 spiro atoms. The van der Waals surface area contributed by atoms with Crippen LogP contribution in [-0.4, -0.2) is 17.7 Å². The lowest BCUT2D eigenvalue weighted by Gasteiger charge is -2.19. The van der Waals surface area contributed by atoms with Gasteiger partial charge in [-0.05, 0) is 24.1 Å². The summed E-state index contributed by atoms with van der Waals surface area (Å²) in [6.45, 7) is 2.05. The highest BCUT2D eigenvalue weighted by Crippen LogP contribution is 2.21. The highest BCUT2D eigenvalue weighted by molar-refractivity contribution is 9.10. The predicted octanol–water partition coefficient (Wildman–Crippen LogP) is 4.21. The number of amides is 1. The van der Waals surface area contributed by atoms with Crippen LogP contribution in [-0.2, 0) is 9.63 Å². The van der Waals surface area contributed by atoms with Crippen molar-refractivity contribution in [3.05, 3.63) is 70.2 Å². The molecule has 4 nitrogen and oxygen atoms in total. The van der Waals surface area contributed by atoms with E-state index in [4.69, 9.17) is 4.84 Å². The van der Waals surface area contributed by atoms with E-state index in [9.17, 15) is 4.79 Å². The monoisotopic (exact) mass is 386 g/mol. The molecule has 2 atom stereocenters. The van der Waals surface area contributed by atoms with Crippen molar-refractivity contribution in [3.63, 3.8) is 0 Å². The Morgan fingerprint density at radius 1 is 1.29 bits per heavy atom. The molecule has 2 aromatic carbocycles. The number of oxime groups is 1. The maximum Gasteiger partial charge on any atom is 0.264 e. The van der Waals surface area contributed by atoms with Gasteiger partial charge in [-0.25, -0.2) is 0 Å². The van der Waals surface area contributed by atoms with Gasteiger partial charge < -0.3 is 10.2 Å². The fourth-order valence-electron chi connectivity index (χ4n) is 2.73. The van der Waals surface area contributed by atoms with E-state index in [0.717, 1.165) is 27.7 Å². The van der Waals surface area contributed by atoms with Gasteiger partial charge in [0.25, 0.3) is 5.91 Å². The summed E-state index contributed by atoms with van der Waals surface area (Å²) in [5.74, 6) is -0.126. The third kappa shape index (κ3) is 3.85. The van der Waals surface area contributed by atoms with Crippen molar-refractivity contribution >= 4 is 27.5 Å². The highest BCUT2D eigenvalue weighted by atomic mass is 79.9. The van der Waals surface area contributed by atoms with E-state index in [1.54, 1.807) is 0 Å². The lowest BCUT2D eigenvalue weighted by atomic mass is 10.0. The molecular formula is C19H19BrN2O2. The molecule has 0 aromatic heterocycles. The Bertz CT molecular complexity index is 746. The topological polar surface area (TPSA) is 50.7 Å². The fraction of sp³-hybridized carbons (Fsp3) is 0.263. The van der Waals surface area contributed by atoms with E-state index in [1.165, 1.54) is 0 Å². The lowest BCUT2D eigenvalue weighted by molar-refractivity contribution is -0.132. The molecule has 1 heterocycles. The summed E-state index contributed by atoms with van der Waals surface area (Å²) in [6, 6.07) is 17.8. The van der Waals surface area contributed by atoms with Crippen molar-refractivity contribution in [3.8, 4) is 0 Å². The number of carbonyl (C=O) groups is 1. The summed E-state index contributed by atoms with van der Waals surface area (Å²) in [5, 5.41) is 7.15. The number of hydrogen-bond acceptors (Lipinski definition) is 3. The van der Waals surface area contributed by atoms with Crippen molar-refractivity contribution in [2.45, 2.75) is 31.9 Å². The highest BCUT2D eigenvalue weighted by Gasteiger charge is 2.30. The first-order valence-corrected chi connectivity index (χ1v) is 8.80. The third-order valence-electron chi connectivity index (χ3n) is 4.05. The molecule has 1 aliphatic rings. The molecule has 1 N–H and O–H groups in total. The van der Waals surface area contributed by atoms with Gasteiger partial charge in [0.1, 0.15) is 0 Å². The Kier molecular flexibility index (Phi) is 5.30. The van der Waals surface area contributed by atoms with Gasteiger partial charge in [-0.2, -0.15) is 0 Å². The fourth-order valence-corrected chi connectivity index (χ4v) is 3.13. The molecule has 3 rings (SSSR count). The van der Waals surface area contributed by atoms with E-state index in [2.05, 4.69) is 33.3 Å². The van der Waals surface area contributed by atoms with Gasteiger partial charge in [-0.1, -0.05) is 70.5 Å². The summed E-state index contributed by atoms with van der Waals surface area (Å²) in [5.41, 5.74) is 2.86. The van der Waals surface area contributed by atoms with Gasteiger partial charge in [-0.15, -0.1) is 0 Å². The second-order valence-corrected chi connectivity index (χ2v) is 6.64. The summed E-state index contributed by atoms with van der Waals surface area (Å²) < 4.78 is 0.978. The maximum absolute atomic E-state index is 12.5. The maximum atomic E-state index is 12.5. The molecule has 0 aliphatic carbocycles. The standard InChI is InChI=1S/C19H19BrN2O2/c1-2-16(13-7-4-3-5-8-13)21-19(23)18-12-17(22-24-18)14-9-6-10-15(20)11-14/h3-11,16,18H,2,12H2,1H3,(H,21,23)/t16-,18-/m0/s1. The second-order valence-electron chi connectivity index (χ2n) is 5.73. The zero-order chi connectivity index (χ0) is 16.9. The van der Waals surface area contributed by atoms with Crippen molar-refractivity contribution in [2.24, 2.45) is 5.16 Å². The quantitative estimate of drug-likeness (QED) is 0.836. The normalized spacial score (nSPS) is 17.8. The van der Waals surface area contributed by atoms with Gasteiger partial charge in [0.05, 0.1) is 11.8 Å². The minimum atomic E-state index is -0.572. The predicted molar refractivity (Wildman–Crippen MR) is 97.8 cm³/mol. The van der Waals surface area contributed by atoms with Gasteiger partial charge in [0.15, 0.2) is 0 Å². The first-order valence-electron chi connectivity index (χ1n) is 8.01. The van der Waals surface area contributed by atoms with E-state index in [-0.39, 0.29) is 11.9 Å². The molecule has 124 valence electrons. The summed E-state index contributed by atoms with van der Waals surface area (Å²) in [6.07, 6.45) is 0.728. The Labute approximate surface area is 150 Å². The van der Waals surface area contributed by atoms with Gasteiger partial charge in [-0.3, -0.25) is 4.79 Å². The molecule has 0 fully saturated rings. The number of nitrogens with zero attached hydrogens (tertiary/aromatic N) is 1. The lowest BCUT2D eigenvalue weighted by Crippen LogP contribution is -2.37. The summed E-state index contributed by atoms with van der Waals surface area (Å²) in [7, 11) is 0. The second kappa shape index (κ2) is 7.62. The minimum absolute atomic E-state index is 0.0165. The van der Waals surface area contributed by atoms with Gasteiger partial charge in [0, 0.05) is 16.5 Å². The van der Waals surface area contributed by atoms with Crippen molar-refractivity contribution in [1.29, 1.82) is 0 Å². The molecule has 0 unspecified atom stereocenters. The Hall–Kier alpha value is -2.14. The summed E-state index contributed by atoms with van der Waals surface area (Å²) >= 11 is 3.45. The van der Waals surface area contributed by atoms with Crippen LogP contribution in [0.1, 0.15) is 36.9 Å². The molecule has 1 aliphatic heterocycles. The van der Waals surface area contributed by atoms with E-state index in [0.29, 0.717) is 6.42 Å². The number of rotatable bonds is 5. The van der Waals surface area contributed by atoms with E-state index < -0.39 is 6.10 Å². The van der Waals surface area contributed by atoms with E-state index in [1.807, 2.05) is 54.6 Å². The van der Waals surface area contributed by atoms with Crippen molar-refractivity contribution < 1.29 is 9.63 Å². The Morgan fingerprint density at radius 3 is 2.79 bits per heavy atom. The van der Waals surface area contributed by atoms with Crippen LogP contribution in [0.4, 0.5) is 0 Å². The largest absolute Gasteiger partial charge is 0.382 e. The minimum Gasteiger partial charge on any atom is -0.382 e. The van der Waals surface area contributed by atoms with Crippen LogP contribution < -0.4 is 5.32 Å². The van der Waals surface area contributed by atoms with Gasteiger partial charge in [0.2, 0.25) is 6.10 Å². The molecule has 0 saturated heterocycles. The third-order valence-corrected chi connectivity index (χ3v) is 4.54. The first-order chi connectivity index (χ1) is 11.7. The molecule has 1 amide bonds. The van der Waals surface area contributed by atoms with Gasteiger partial charge >= 0.3 is 0 Å². The smallest absolute Gasteiger partial charge is 0.264 e. The van der Waals surface area contributed by atoms with Crippen LogP contribution >= 0.6 is 15.9 Å². The van der Waals surface area contributed by atoms with E-state index >= 15 is 0 Å². The molecule has 0 radical (unpaired) electrons. The summed E-state index contributed by atoms with van der Waals surface area (Å²) in [4.78, 5) is 17.9. The van der Waals surface area contributed by atoms with Crippen molar-refractivity contribution in [2.75, 3.05) is 0 Å². The van der Waals surface area contributed by atoms with Crippen LogP contribution in [0.15, 0.2) is 64.2 Å². The van der Waals surface area contributed by atoms with Crippen LogP contribution in [0.2, 0.25) is 0 Å². The Balaban J connectivity index is 1.63. The van der Waals surface area contributed by atoms with Crippen LogP contribution in [0.5, 0.6) is 0 Å². The average molecular weight is 387 g/mol.